The molecule has 0 spiro atoms. The van der Waals surface area contributed by atoms with E-state index in [0.717, 1.165) is 5.75 Å². The highest BCUT2D eigenvalue weighted by Crippen LogP contribution is 2.57. The maximum absolute atomic E-state index is 6.07. The fourth-order valence-corrected chi connectivity index (χ4v) is 2.41. The molecular weight excluding hydrogens is 186 g/mol. The van der Waals surface area contributed by atoms with E-state index in [0.29, 0.717) is 12.0 Å². The predicted octanol–water partition coefficient (Wildman–Crippen LogP) is 2.45. The van der Waals surface area contributed by atoms with Crippen LogP contribution in [0.15, 0.2) is 18.2 Å². The highest BCUT2D eigenvalue weighted by Gasteiger charge is 2.56. The van der Waals surface area contributed by atoms with Crippen molar-refractivity contribution in [2.75, 3.05) is 7.11 Å². The van der Waals surface area contributed by atoms with Gasteiger partial charge in [0.25, 0.3) is 0 Å². The Bertz CT molecular complexity index is 384. The molecule has 1 aliphatic rings. The van der Waals surface area contributed by atoms with Gasteiger partial charge in [-0.15, -0.1) is 0 Å². The zero-order valence-corrected chi connectivity index (χ0v) is 9.87. The number of aryl methyl sites for hydroxylation is 1. The predicted molar refractivity (Wildman–Crippen MR) is 62.2 cm³/mol. The molecule has 2 nitrogen and oxygen atoms in total. The van der Waals surface area contributed by atoms with Crippen LogP contribution in [-0.2, 0) is 0 Å². The van der Waals surface area contributed by atoms with Crippen LogP contribution in [0.25, 0.3) is 0 Å². The zero-order valence-electron chi connectivity index (χ0n) is 9.87. The van der Waals surface area contributed by atoms with Crippen molar-refractivity contribution in [1.29, 1.82) is 0 Å². The van der Waals surface area contributed by atoms with Gasteiger partial charge in [-0.1, -0.05) is 26.0 Å². The number of hydrogen-bond donors (Lipinski definition) is 1. The Kier molecular flexibility index (Phi) is 2.27. The van der Waals surface area contributed by atoms with Crippen molar-refractivity contribution in [2.24, 2.45) is 11.1 Å². The first-order valence-corrected chi connectivity index (χ1v) is 5.38. The van der Waals surface area contributed by atoms with Crippen LogP contribution in [0.2, 0.25) is 0 Å². The Hall–Kier alpha value is -1.02. The molecule has 0 radical (unpaired) electrons. The van der Waals surface area contributed by atoms with Crippen molar-refractivity contribution < 1.29 is 4.74 Å². The fraction of sp³-hybridized carbons (Fsp3) is 0.538. The summed E-state index contributed by atoms with van der Waals surface area (Å²) < 4.78 is 5.25. The van der Waals surface area contributed by atoms with E-state index < -0.39 is 0 Å². The maximum Gasteiger partial charge on any atom is 0.121 e. The molecule has 1 saturated carbocycles. The normalized spacial score (nSPS) is 27.5. The molecular formula is C13H19NO. The van der Waals surface area contributed by atoms with Gasteiger partial charge in [-0.25, -0.2) is 0 Å². The van der Waals surface area contributed by atoms with E-state index in [4.69, 9.17) is 10.5 Å². The molecule has 0 aromatic heterocycles. The molecule has 1 aromatic carbocycles. The van der Waals surface area contributed by atoms with E-state index in [1.165, 1.54) is 11.1 Å². The van der Waals surface area contributed by atoms with Crippen LogP contribution >= 0.6 is 0 Å². The number of ether oxygens (including phenoxy) is 1. The minimum atomic E-state index is 0.251. The van der Waals surface area contributed by atoms with Crippen LogP contribution in [0.1, 0.15) is 30.9 Å². The molecule has 1 aromatic rings. The monoisotopic (exact) mass is 205 g/mol. The molecule has 0 unspecified atom stereocenters. The van der Waals surface area contributed by atoms with E-state index >= 15 is 0 Å². The van der Waals surface area contributed by atoms with Crippen molar-refractivity contribution in [3.8, 4) is 5.75 Å². The molecule has 0 bridgehead atoms. The van der Waals surface area contributed by atoms with E-state index in [9.17, 15) is 0 Å². The zero-order chi connectivity index (χ0) is 11.2. The lowest BCUT2D eigenvalue weighted by Crippen LogP contribution is -2.06. The molecule has 2 N–H and O–H groups in total. The quantitative estimate of drug-likeness (QED) is 0.805. The maximum atomic E-state index is 6.07. The summed E-state index contributed by atoms with van der Waals surface area (Å²) in [6.07, 6.45) is 0. The van der Waals surface area contributed by atoms with Crippen molar-refractivity contribution in [3.63, 3.8) is 0 Å². The van der Waals surface area contributed by atoms with Crippen LogP contribution in [-0.4, -0.2) is 13.2 Å². The summed E-state index contributed by atoms with van der Waals surface area (Å²) in [7, 11) is 1.70. The molecule has 2 rings (SSSR count). The third-order valence-corrected chi connectivity index (χ3v) is 3.69. The number of hydrogen-bond acceptors (Lipinski definition) is 2. The minimum Gasteiger partial charge on any atom is -0.496 e. The van der Waals surface area contributed by atoms with Crippen molar-refractivity contribution in [1.82, 2.24) is 0 Å². The van der Waals surface area contributed by atoms with Crippen molar-refractivity contribution in [2.45, 2.75) is 32.7 Å². The van der Waals surface area contributed by atoms with E-state index in [1.54, 1.807) is 7.11 Å². The Morgan fingerprint density at radius 1 is 1.33 bits per heavy atom. The summed E-state index contributed by atoms with van der Waals surface area (Å²) >= 11 is 0. The summed E-state index contributed by atoms with van der Waals surface area (Å²) in [5, 5.41) is 0. The third-order valence-electron chi connectivity index (χ3n) is 3.69. The molecule has 1 fully saturated rings. The van der Waals surface area contributed by atoms with Gasteiger partial charge in [0.2, 0.25) is 0 Å². The first kappa shape index (κ1) is 10.5. The standard InChI is InChI=1S/C13H19NO/c1-8-7-9(5-6-10(8)15-4)11-12(14)13(11,2)3/h5-7,11-12H,14H2,1-4H3/t11-,12-/m1/s1. The first-order chi connectivity index (χ1) is 6.98. The van der Waals surface area contributed by atoms with Crippen molar-refractivity contribution in [3.05, 3.63) is 29.3 Å². The summed E-state index contributed by atoms with van der Waals surface area (Å²) in [6, 6.07) is 6.65. The molecule has 0 amide bonds. The topological polar surface area (TPSA) is 35.2 Å². The van der Waals surface area contributed by atoms with Gasteiger partial charge >= 0.3 is 0 Å². The SMILES string of the molecule is COc1ccc([C@@H]2[C@@H](N)C2(C)C)cc1C. The lowest BCUT2D eigenvalue weighted by Gasteiger charge is -2.08. The highest BCUT2D eigenvalue weighted by molar-refractivity contribution is 5.42. The van der Waals surface area contributed by atoms with Crippen LogP contribution in [0.3, 0.4) is 0 Å². The Morgan fingerprint density at radius 2 is 1.93 bits per heavy atom. The molecule has 82 valence electrons. The second kappa shape index (κ2) is 3.24. The lowest BCUT2D eigenvalue weighted by molar-refractivity contribution is 0.411. The van der Waals surface area contributed by atoms with Gasteiger partial charge in [-0.2, -0.15) is 0 Å². The number of benzene rings is 1. The van der Waals surface area contributed by atoms with Gasteiger partial charge < -0.3 is 10.5 Å². The average molecular weight is 205 g/mol. The van der Waals surface area contributed by atoms with E-state index in [1.807, 2.05) is 6.07 Å². The van der Waals surface area contributed by atoms with Crippen LogP contribution in [0.4, 0.5) is 0 Å². The fourth-order valence-electron chi connectivity index (χ4n) is 2.41. The first-order valence-electron chi connectivity index (χ1n) is 5.38. The van der Waals surface area contributed by atoms with E-state index in [-0.39, 0.29) is 5.41 Å². The summed E-state index contributed by atoms with van der Waals surface area (Å²) in [5.74, 6) is 1.45. The Labute approximate surface area is 91.4 Å². The van der Waals surface area contributed by atoms with Crippen LogP contribution < -0.4 is 10.5 Å². The molecule has 0 heterocycles. The number of nitrogens with two attached hydrogens (primary N) is 1. The Morgan fingerprint density at radius 3 is 2.33 bits per heavy atom. The van der Waals surface area contributed by atoms with Gasteiger partial charge in [0.05, 0.1) is 7.11 Å². The van der Waals surface area contributed by atoms with Crippen LogP contribution in [0.5, 0.6) is 5.75 Å². The minimum absolute atomic E-state index is 0.251. The molecule has 2 heteroatoms. The third kappa shape index (κ3) is 1.53. The van der Waals surface area contributed by atoms with E-state index in [2.05, 4.69) is 32.9 Å². The van der Waals surface area contributed by atoms with Crippen molar-refractivity contribution >= 4 is 0 Å². The van der Waals surface area contributed by atoms with Gasteiger partial charge in [-0.3, -0.25) is 0 Å². The lowest BCUT2D eigenvalue weighted by atomic mass is 10.0. The summed E-state index contributed by atoms with van der Waals surface area (Å²) in [4.78, 5) is 0. The molecule has 1 aliphatic carbocycles. The van der Waals surface area contributed by atoms with Gasteiger partial charge in [0.1, 0.15) is 5.75 Å². The van der Waals surface area contributed by atoms with Gasteiger partial charge in [-0.05, 0) is 29.5 Å². The molecule has 0 saturated heterocycles. The summed E-state index contributed by atoms with van der Waals surface area (Å²) in [5.41, 5.74) is 8.84. The smallest absolute Gasteiger partial charge is 0.121 e. The second-order valence-corrected chi connectivity index (χ2v) is 5.05. The number of rotatable bonds is 2. The average Bonchev–Trinajstić information content (AvgIpc) is 2.66. The second-order valence-electron chi connectivity index (χ2n) is 5.05. The summed E-state index contributed by atoms with van der Waals surface area (Å²) in [6.45, 7) is 6.52. The Balaban J connectivity index is 2.29. The number of methoxy groups -OCH3 is 1. The molecule has 2 atom stereocenters. The largest absolute Gasteiger partial charge is 0.496 e. The molecule has 0 aliphatic heterocycles. The van der Waals surface area contributed by atoms with Crippen LogP contribution in [0, 0.1) is 12.3 Å². The highest BCUT2D eigenvalue weighted by atomic mass is 16.5. The molecule has 15 heavy (non-hydrogen) atoms. The van der Waals surface area contributed by atoms with Gasteiger partial charge in [0.15, 0.2) is 0 Å². The van der Waals surface area contributed by atoms with Gasteiger partial charge in [0, 0.05) is 12.0 Å².